The lowest BCUT2D eigenvalue weighted by atomic mass is 10.1. The van der Waals surface area contributed by atoms with E-state index >= 15 is 0 Å². The van der Waals surface area contributed by atoms with Gasteiger partial charge in [0.2, 0.25) is 5.91 Å². The molecule has 2 amide bonds. The molecule has 0 spiro atoms. The standard InChI is InChI=1S/C14H11N3O4/c15-12(18)8-1-3-9(4-2-8)13(19)17-11-5-10(14(20)21)6-16-7-11/h1-7H,(H2,15,18)(H,17,19)(H,20,21). The van der Waals surface area contributed by atoms with Crippen molar-refractivity contribution in [2.75, 3.05) is 5.32 Å². The number of hydrogen-bond acceptors (Lipinski definition) is 4. The molecule has 4 N–H and O–H groups in total. The highest BCUT2D eigenvalue weighted by molar-refractivity contribution is 6.05. The van der Waals surface area contributed by atoms with E-state index in [0.717, 1.165) is 0 Å². The predicted molar refractivity (Wildman–Crippen MR) is 74.1 cm³/mol. The van der Waals surface area contributed by atoms with Gasteiger partial charge in [-0.05, 0) is 30.3 Å². The predicted octanol–water partition coefficient (Wildman–Crippen LogP) is 1.13. The molecule has 1 heterocycles. The Balaban J connectivity index is 2.16. The highest BCUT2D eigenvalue weighted by Crippen LogP contribution is 2.11. The summed E-state index contributed by atoms with van der Waals surface area (Å²) in [6.07, 6.45) is 2.52. The minimum Gasteiger partial charge on any atom is -0.478 e. The van der Waals surface area contributed by atoms with Gasteiger partial charge in [0.1, 0.15) is 0 Å². The van der Waals surface area contributed by atoms with Gasteiger partial charge in [-0.25, -0.2) is 4.79 Å². The number of amides is 2. The summed E-state index contributed by atoms with van der Waals surface area (Å²) >= 11 is 0. The van der Waals surface area contributed by atoms with Gasteiger partial charge in [0, 0.05) is 17.3 Å². The molecule has 0 aliphatic rings. The van der Waals surface area contributed by atoms with Crippen LogP contribution in [0, 0.1) is 0 Å². The number of rotatable bonds is 4. The Morgan fingerprint density at radius 2 is 1.62 bits per heavy atom. The average molecular weight is 285 g/mol. The van der Waals surface area contributed by atoms with Crippen LogP contribution in [-0.4, -0.2) is 27.9 Å². The summed E-state index contributed by atoms with van der Waals surface area (Å²) < 4.78 is 0. The van der Waals surface area contributed by atoms with Crippen molar-refractivity contribution >= 4 is 23.5 Å². The topological polar surface area (TPSA) is 122 Å². The second-order valence-electron chi connectivity index (χ2n) is 4.16. The molecule has 0 saturated heterocycles. The highest BCUT2D eigenvalue weighted by Gasteiger charge is 2.09. The Kier molecular flexibility index (Phi) is 3.94. The van der Waals surface area contributed by atoms with Crippen LogP contribution in [0.15, 0.2) is 42.7 Å². The van der Waals surface area contributed by atoms with E-state index in [-0.39, 0.29) is 11.3 Å². The summed E-state index contributed by atoms with van der Waals surface area (Å²) in [4.78, 5) is 37.5. The third-order valence-corrected chi connectivity index (χ3v) is 2.67. The lowest BCUT2D eigenvalue weighted by molar-refractivity contribution is 0.0696. The lowest BCUT2D eigenvalue weighted by Gasteiger charge is -2.06. The SMILES string of the molecule is NC(=O)c1ccc(C(=O)Nc2cncc(C(=O)O)c2)cc1. The first-order valence-corrected chi connectivity index (χ1v) is 5.87. The summed E-state index contributed by atoms with van der Waals surface area (Å²) in [6, 6.07) is 7.06. The fraction of sp³-hybridized carbons (Fsp3) is 0. The van der Waals surface area contributed by atoms with E-state index in [0.29, 0.717) is 11.1 Å². The second-order valence-corrected chi connectivity index (χ2v) is 4.16. The number of benzene rings is 1. The number of hydrogen-bond donors (Lipinski definition) is 3. The maximum atomic E-state index is 12.0. The number of carbonyl (C=O) groups is 3. The van der Waals surface area contributed by atoms with Gasteiger partial charge in [0.15, 0.2) is 0 Å². The molecule has 1 aromatic heterocycles. The van der Waals surface area contributed by atoms with E-state index in [2.05, 4.69) is 10.3 Å². The highest BCUT2D eigenvalue weighted by atomic mass is 16.4. The number of pyridine rings is 1. The number of carbonyl (C=O) groups excluding carboxylic acids is 2. The van der Waals surface area contributed by atoms with Crippen LogP contribution in [0.5, 0.6) is 0 Å². The van der Waals surface area contributed by atoms with E-state index in [9.17, 15) is 14.4 Å². The molecule has 0 bridgehead atoms. The fourth-order valence-corrected chi connectivity index (χ4v) is 1.61. The number of carboxylic acid groups (broad SMARTS) is 1. The van der Waals surface area contributed by atoms with Crippen LogP contribution in [0.2, 0.25) is 0 Å². The Hall–Kier alpha value is -3.22. The zero-order valence-corrected chi connectivity index (χ0v) is 10.7. The minimum absolute atomic E-state index is 0.0307. The van der Waals surface area contributed by atoms with Crippen LogP contribution in [0.4, 0.5) is 5.69 Å². The van der Waals surface area contributed by atoms with Crippen LogP contribution in [-0.2, 0) is 0 Å². The first-order valence-electron chi connectivity index (χ1n) is 5.87. The van der Waals surface area contributed by atoms with Crippen molar-refractivity contribution in [1.29, 1.82) is 0 Å². The van der Waals surface area contributed by atoms with Crippen molar-refractivity contribution in [1.82, 2.24) is 4.98 Å². The van der Waals surface area contributed by atoms with Crippen LogP contribution < -0.4 is 11.1 Å². The molecule has 2 aromatic rings. The van der Waals surface area contributed by atoms with E-state index < -0.39 is 17.8 Å². The summed E-state index contributed by atoms with van der Waals surface area (Å²) in [5.74, 6) is -2.17. The number of nitrogens with zero attached hydrogens (tertiary/aromatic N) is 1. The Labute approximate surface area is 119 Å². The third kappa shape index (κ3) is 3.41. The number of aromatic nitrogens is 1. The van der Waals surface area contributed by atoms with Crippen molar-refractivity contribution in [2.24, 2.45) is 5.73 Å². The molecule has 0 radical (unpaired) electrons. The lowest BCUT2D eigenvalue weighted by Crippen LogP contribution is -2.14. The smallest absolute Gasteiger partial charge is 0.337 e. The fourth-order valence-electron chi connectivity index (χ4n) is 1.61. The van der Waals surface area contributed by atoms with Crippen molar-refractivity contribution < 1.29 is 19.5 Å². The molecular weight excluding hydrogens is 274 g/mol. The normalized spacial score (nSPS) is 9.90. The molecule has 7 nitrogen and oxygen atoms in total. The van der Waals surface area contributed by atoms with Gasteiger partial charge in [-0.3, -0.25) is 14.6 Å². The van der Waals surface area contributed by atoms with E-state index in [1.165, 1.54) is 42.7 Å². The monoisotopic (exact) mass is 285 g/mol. The first-order chi connectivity index (χ1) is 9.97. The maximum Gasteiger partial charge on any atom is 0.337 e. The van der Waals surface area contributed by atoms with Crippen LogP contribution in [0.3, 0.4) is 0 Å². The second kappa shape index (κ2) is 5.83. The first kappa shape index (κ1) is 14.2. The van der Waals surface area contributed by atoms with E-state index in [1.807, 2.05) is 0 Å². The molecule has 106 valence electrons. The maximum absolute atomic E-state index is 12.0. The molecule has 0 saturated carbocycles. The molecular formula is C14H11N3O4. The summed E-state index contributed by atoms with van der Waals surface area (Å²) in [5.41, 5.74) is 5.94. The van der Waals surface area contributed by atoms with Gasteiger partial charge in [0.05, 0.1) is 17.4 Å². The van der Waals surface area contributed by atoms with Crippen LogP contribution >= 0.6 is 0 Å². The molecule has 21 heavy (non-hydrogen) atoms. The van der Waals surface area contributed by atoms with Gasteiger partial charge >= 0.3 is 5.97 Å². The largest absolute Gasteiger partial charge is 0.478 e. The third-order valence-electron chi connectivity index (χ3n) is 2.67. The minimum atomic E-state index is -1.13. The van der Waals surface area contributed by atoms with Gasteiger partial charge in [-0.1, -0.05) is 0 Å². The number of primary amides is 1. The van der Waals surface area contributed by atoms with Gasteiger partial charge in [-0.2, -0.15) is 0 Å². The van der Waals surface area contributed by atoms with Crippen molar-refractivity contribution in [2.45, 2.75) is 0 Å². The van der Waals surface area contributed by atoms with Crippen molar-refractivity contribution in [3.05, 3.63) is 59.4 Å². The molecule has 1 aromatic carbocycles. The molecule has 2 rings (SSSR count). The quantitative estimate of drug-likeness (QED) is 0.777. The van der Waals surface area contributed by atoms with Crippen LogP contribution in [0.25, 0.3) is 0 Å². The summed E-state index contributed by atoms with van der Waals surface area (Å²) in [6.45, 7) is 0. The number of nitrogens with two attached hydrogens (primary N) is 1. The zero-order chi connectivity index (χ0) is 15.4. The number of nitrogens with one attached hydrogen (secondary N) is 1. The molecule has 0 atom stereocenters. The average Bonchev–Trinajstić information content (AvgIpc) is 2.47. The zero-order valence-electron chi connectivity index (χ0n) is 10.7. The molecule has 0 aliphatic heterocycles. The van der Waals surface area contributed by atoms with Crippen molar-refractivity contribution in [3.8, 4) is 0 Å². The van der Waals surface area contributed by atoms with Crippen molar-refractivity contribution in [3.63, 3.8) is 0 Å². The van der Waals surface area contributed by atoms with Gasteiger partial charge in [-0.15, -0.1) is 0 Å². The van der Waals surface area contributed by atoms with E-state index in [1.54, 1.807) is 0 Å². The van der Waals surface area contributed by atoms with Crippen LogP contribution in [0.1, 0.15) is 31.1 Å². The number of anilines is 1. The summed E-state index contributed by atoms with van der Waals surface area (Å²) in [7, 11) is 0. The molecule has 0 aliphatic carbocycles. The van der Waals surface area contributed by atoms with E-state index in [4.69, 9.17) is 10.8 Å². The van der Waals surface area contributed by atoms with Gasteiger partial charge < -0.3 is 16.2 Å². The number of carboxylic acids is 1. The Bertz CT molecular complexity index is 710. The molecule has 7 heteroatoms. The summed E-state index contributed by atoms with van der Waals surface area (Å²) in [5, 5.41) is 11.4. The number of aromatic carboxylic acids is 1. The molecule has 0 unspecified atom stereocenters. The van der Waals surface area contributed by atoms with Gasteiger partial charge in [0.25, 0.3) is 5.91 Å². The Morgan fingerprint density at radius 1 is 1.00 bits per heavy atom. The molecule has 0 fully saturated rings. The Morgan fingerprint density at radius 3 is 2.19 bits per heavy atom.